The number of Topliss-reactive ketones (excluding diaryl/α,β-unsaturated/α-hetero) is 1. The second kappa shape index (κ2) is 5.49. The number of hydrogen-bond donors (Lipinski definition) is 0. The molecule has 3 rings (SSSR count). The Bertz CT molecular complexity index is 816. The molecule has 3 aromatic rings. The van der Waals surface area contributed by atoms with Gasteiger partial charge in [0.1, 0.15) is 16.5 Å². The molecule has 0 N–H and O–H groups in total. The Morgan fingerprint density at radius 2 is 2.10 bits per heavy atom. The molecule has 0 saturated heterocycles. The smallest absolute Gasteiger partial charge is 0.178 e. The van der Waals surface area contributed by atoms with Gasteiger partial charge in [0, 0.05) is 24.9 Å². The molecule has 0 radical (unpaired) electrons. The number of halogens is 1. The van der Waals surface area contributed by atoms with E-state index in [-0.39, 0.29) is 5.78 Å². The fourth-order valence-electron chi connectivity index (χ4n) is 1.82. The summed E-state index contributed by atoms with van der Waals surface area (Å²) in [5, 5.41) is 0.659. The van der Waals surface area contributed by atoms with Crippen molar-refractivity contribution in [3.63, 3.8) is 0 Å². The zero-order valence-electron chi connectivity index (χ0n) is 11.1. The molecule has 0 unspecified atom stereocenters. The molecule has 6 heteroatoms. The summed E-state index contributed by atoms with van der Waals surface area (Å²) in [5.74, 6) is -0.489. The number of pyridine rings is 2. The van der Waals surface area contributed by atoms with E-state index in [2.05, 4.69) is 15.0 Å². The van der Waals surface area contributed by atoms with Gasteiger partial charge in [-0.05, 0) is 18.2 Å². The highest BCUT2D eigenvalue weighted by atomic mass is 32.1. The summed E-state index contributed by atoms with van der Waals surface area (Å²) < 4.78 is 13.2. The second-order valence-electron chi connectivity index (χ2n) is 4.39. The van der Waals surface area contributed by atoms with Crippen LogP contribution < -0.4 is 0 Å². The third kappa shape index (κ3) is 2.85. The van der Waals surface area contributed by atoms with Crippen molar-refractivity contribution in [2.24, 2.45) is 0 Å². The number of carbonyl (C=O) groups excluding carboxylic acids is 1. The van der Waals surface area contributed by atoms with Crippen LogP contribution in [0.15, 0.2) is 42.9 Å². The van der Waals surface area contributed by atoms with Crippen molar-refractivity contribution < 1.29 is 9.18 Å². The van der Waals surface area contributed by atoms with Crippen LogP contribution in [0.4, 0.5) is 4.39 Å². The standard InChI is InChI=1S/C15H10FN3OS/c1-9(20)12-3-2-4-13(19-12)14-8-18-15(21-14)10-5-11(16)7-17-6-10/h2-8H,1H3. The van der Waals surface area contributed by atoms with Gasteiger partial charge in [-0.15, -0.1) is 11.3 Å². The van der Waals surface area contributed by atoms with Crippen LogP contribution in [0.5, 0.6) is 0 Å². The first-order chi connectivity index (χ1) is 10.1. The number of rotatable bonds is 3. The number of hydrogen-bond acceptors (Lipinski definition) is 5. The lowest BCUT2D eigenvalue weighted by molar-refractivity contribution is 0.101. The van der Waals surface area contributed by atoms with Crippen LogP contribution in [0.3, 0.4) is 0 Å². The third-order valence-electron chi connectivity index (χ3n) is 2.82. The highest BCUT2D eigenvalue weighted by molar-refractivity contribution is 7.18. The Balaban J connectivity index is 1.98. The SMILES string of the molecule is CC(=O)c1cccc(-c2cnc(-c3cncc(F)c3)s2)n1. The Morgan fingerprint density at radius 1 is 1.24 bits per heavy atom. The molecule has 0 fully saturated rings. The number of carbonyl (C=O) groups is 1. The van der Waals surface area contributed by atoms with E-state index < -0.39 is 5.82 Å². The van der Waals surface area contributed by atoms with Crippen LogP contribution in [0.1, 0.15) is 17.4 Å². The summed E-state index contributed by atoms with van der Waals surface area (Å²) in [6.07, 6.45) is 4.37. The predicted molar refractivity (Wildman–Crippen MR) is 78.5 cm³/mol. The fraction of sp³-hybridized carbons (Fsp3) is 0.0667. The van der Waals surface area contributed by atoms with E-state index in [4.69, 9.17) is 0 Å². The largest absolute Gasteiger partial charge is 0.293 e. The number of thiazole rings is 1. The first-order valence-electron chi connectivity index (χ1n) is 6.18. The van der Waals surface area contributed by atoms with E-state index >= 15 is 0 Å². The first-order valence-corrected chi connectivity index (χ1v) is 7.00. The molecular weight excluding hydrogens is 289 g/mol. The molecule has 3 heterocycles. The zero-order chi connectivity index (χ0) is 14.8. The lowest BCUT2D eigenvalue weighted by Crippen LogP contribution is -1.96. The van der Waals surface area contributed by atoms with Gasteiger partial charge in [0.25, 0.3) is 0 Å². The van der Waals surface area contributed by atoms with Gasteiger partial charge in [-0.2, -0.15) is 0 Å². The molecule has 0 aliphatic rings. The van der Waals surface area contributed by atoms with E-state index in [9.17, 15) is 9.18 Å². The van der Waals surface area contributed by atoms with Crippen LogP contribution in [-0.2, 0) is 0 Å². The molecule has 4 nitrogen and oxygen atoms in total. The van der Waals surface area contributed by atoms with E-state index in [1.165, 1.54) is 24.3 Å². The summed E-state index contributed by atoms with van der Waals surface area (Å²) in [6, 6.07) is 6.65. The minimum atomic E-state index is -0.402. The van der Waals surface area contributed by atoms with Gasteiger partial charge in [0.15, 0.2) is 5.78 Å². The van der Waals surface area contributed by atoms with Gasteiger partial charge in [-0.3, -0.25) is 9.78 Å². The highest BCUT2D eigenvalue weighted by Gasteiger charge is 2.10. The average Bonchev–Trinajstić information content (AvgIpc) is 2.97. The molecule has 0 saturated carbocycles. The summed E-state index contributed by atoms with van der Waals surface area (Å²) in [4.78, 5) is 24.6. The number of ketones is 1. The molecule has 0 aromatic carbocycles. The van der Waals surface area contributed by atoms with Gasteiger partial charge in [0.05, 0.1) is 16.8 Å². The van der Waals surface area contributed by atoms with Crippen molar-refractivity contribution in [1.29, 1.82) is 0 Å². The topological polar surface area (TPSA) is 55.7 Å². The first kappa shape index (κ1) is 13.5. The third-order valence-corrected chi connectivity index (χ3v) is 3.89. The second-order valence-corrected chi connectivity index (χ2v) is 5.42. The molecule has 3 aromatic heterocycles. The van der Waals surface area contributed by atoms with E-state index in [0.29, 0.717) is 22.0 Å². The molecule has 104 valence electrons. The van der Waals surface area contributed by atoms with Gasteiger partial charge in [0.2, 0.25) is 0 Å². The maximum atomic E-state index is 13.2. The van der Waals surface area contributed by atoms with E-state index in [0.717, 1.165) is 11.1 Å². The Labute approximate surface area is 124 Å². The fourth-order valence-corrected chi connectivity index (χ4v) is 2.69. The molecular formula is C15H10FN3OS. The summed E-state index contributed by atoms with van der Waals surface area (Å²) in [6.45, 7) is 1.47. The normalized spacial score (nSPS) is 10.6. The van der Waals surface area contributed by atoms with E-state index in [1.807, 2.05) is 6.07 Å². The maximum Gasteiger partial charge on any atom is 0.178 e. The Morgan fingerprint density at radius 3 is 2.86 bits per heavy atom. The number of aromatic nitrogens is 3. The molecule has 0 spiro atoms. The summed E-state index contributed by atoms with van der Waals surface area (Å²) in [7, 11) is 0. The van der Waals surface area contributed by atoms with Crippen LogP contribution in [0.2, 0.25) is 0 Å². The van der Waals surface area contributed by atoms with Crippen molar-refractivity contribution in [3.8, 4) is 21.1 Å². The summed E-state index contributed by atoms with van der Waals surface area (Å²) in [5.41, 5.74) is 1.71. The van der Waals surface area contributed by atoms with Crippen molar-refractivity contribution in [1.82, 2.24) is 15.0 Å². The summed E-state index contributed by atoms with van der Waals surface area (Å²) >= 11 is 1.38. The number of nitrogens with zero attached hydrogens (tertiary/aromatic N) is 3. The van der Waals surface area contributed by atoms with Crippen LogP contribution >= 0.6 is 11.3 Å². The van der Waals surface area contributed by atoms with Crippen molar-refractivity contribution in [3.05, 3.63) is 54.4 Å². The maximum absolute atomic E-state index is 13.2. The van der Waals surface area contributed by atoms with Crippen LogP contribution in [-0.4, -0.2) is 20.7 Å². The van der Waals surface area contributed by atoms with Crippen LogP contribution in [0.25, 0.3) is 21.1 Å². The molecule has 0 aliphatic carbocycles. The molecule has 21 heavy (non-hydrogen) atoms. The zero-order valence-corrected chi connectivity index (χ0v) is 11.9. The van der Waals surface area contributed by atoms with Crippen molar-refractivity contribution in [2.75, 3.05) is 0 Å². The van der Waals surface area contributed by atoms with Crippen molar-refractivity contribution >= 4 is 17.1 Å². The molecule has 0 bridgehead atoms. The van der Waals surface area contributed by atoms with Gasteiger partial charge in [-0.25, -0.2) is 14.4 Å². The average molecular weight is 299 g/mol. The predicted octanol–water partition coefficient (Wildman–Crippen LogP) is 3.61. The molecule has 0 atom stereocenters. The quantitative estimate of drug-likeness (QED) is 0.693. The van der Waals surface area contributed by atoms with Crippen LogP contribution in [0, 0.1) is 5.82 Å². The minimum Gasteiger partial charge on any atom is -0.293 e. The molecule has 0 amide bonds. The lowest BCUT2D eigenvalue weighted by Gasteiger charge is -1.98. The van der Waals surface area contributed by atoms with Gasteiger partial charge < -0.3 is 0 Å². The highest BCUT2D eigenvalue weighted by Crippen LogP contribution is 2.31. The molecule has 0 aliphatic heterocycles. The van der Waals surface area contributed by atoms with Gasteiger partial charge in [-0.1, -0.05) is 6.07 Å². The Hall–Kier alpha value is -2.47. The van der Waals surface area contributed by atoms with Crippen molar-refractivity contribution in [2.45, 2.75) is 6.92 Å². The lowest BCUT2D eigenvalue weighted by atomic mass is 10.2. The van der Waals surface area contributed by atoms with E-state index in [1.54, 1.807) is 24.5 Å². The Kier molecular flexibility index (Phi) is 3.53. The van der Waals surface area contributed by atoms with Gasteiger partial charge >= 0.3 is 0 Å². The monoisotopic (exact) mass is 299 g/mol. The minimum absolute atomic E-state index is 0.0871.